The molecule has 0 spiro atoms. The number of pyridine rings is 1. The first-order valence-corrected chi connectivity index (χ1v) is 9.47. The number of hydrogen-bond acceptors (Lipinski definition) is 5. The second kappa shape index (κ2) is 8.71. The molecule has 1 amide bonds. The van der Waals surface area contributed by atoms with E-state index in [1.54, 1.807) is 24.8 Å². The fraction of sp³-hybridized carbons (Fsp3) is 0.273. The highest BCUT2D eigenvalue weighted by Gasteiger charge is 2.24. The molecule has 6 heteroatoms. The van der Waals surface area contributed by atoms with Crippen molar-refractivity contribution in [1.29, 1.82) is 0 Å². The van der Waals surface area contributed by atoms with Crippen molar-refractivity contribution >= 4 is 5.91 Å². The van der Waals surface area contributed by atoms with E-state index in [1.807, 2.05) is 47.4 Å². The molecular formula is C22H22N4O2. The van der Waals surface area contributed by atoms with Gasteiger partial charge in [-0.05, 0) is 37.1 Å². The lowest BCUT2D eigenvalue weighted by Gasteiger charge is -2.25. The number of hydrogen-bond donors (Lipinski definition) is 0. The molecule has 1 aromatic carbocycles. The zero-order valence-corrected chi connectivity index (χ0v) is 15.6. The van der Waals surface area contributed by atoms with Gasteiger partial charge in [0, 0.05) is 42.9 Å². The Kier molecular flexibility index (Phi) is 5.68. The number of carbonyl (C=O) groups excluding carboxylic acids is 1. The van der Waals surface area contributed by atoms with Gasteiger partial charge in [-0.2, -0.15) is 0 Å². The number of rotatable bonds is 6. The number of benzene rings is 1. The summed E-state index contributed by atoms with van der Waals surface area (Å²) < 4.78 is 5.77. The largest absolute Gasteiger partial charge is 0.376 e. The van der Waals surface area contributed by atoms with Crippen molar-refractivity contribution < 1.29 is 9.53 Å². The smallest absolute Gasteiger partial charge is 0.254 e. The van der Waals surface area contributed by atoms with Gasteiger partial charge in [-0.15, -0.1) is 0 Å². The molecule has 2 aromatic heterocycles. The molecule has 1 aliphatic rings. The van der Waals surface area contributed by atoms with Gasteiger partial charge in [0.05, 0.1) is 30.2 Å². The van der Waals surface area contributed by atoms with E-state index in [0.29, 0.717) is 18.7 Å². The van der Waals surface area contributed by atoms with Crippen molar-refractivity contribution in [2.24, 2.45) is 0 Å². The van der Waals surface area contributed by atoms with Gasteiger partial charge in [-0.3, -0.25) is 19.7 Å². The molecule has 0 radical (unpaired) electrons. The SMILES string of the molecule is O=C(c1cccc(-c2cnccn2)c1)N(Cc1ccccn1)CC1CCCO1. The summed E-state index contributed by atoms with van der Waals surface area (Å²) in [6.07, 6.45) is 8.82. The van der Waals surface area contributed by atoms with E-state index in [4.69, 9.17) is 4.74 Å². The van der Waals surface area contributed by atoms with Crippen molar-refractivity contribution in [3.05, 3.63) is 78.5 Å². The fourth-order valence-corrected chi connectivity index (χ4v) is 3.38. The summed E-state index contributed by atoms with van der Waals surface area (Å²) in [5.74, 6) is -0.0353. The summed E-state index contributed by atoms with van der Waals surface area (Å²) >= 11 is 0. The highest BCUT2D eigenvalue weighted by Crippen LogP contribution is 2.20. The maximum atomic E-state index is 13.3. The molecule has 4 rings (SSSR count). The minimum atomic E-state index is -0.0353. The van der Waals surface area contributed by atoms with Gasteiger partial charge in [0.25, 0.3) is 5.91 Å². The summed E-state index contributed by atoms with van der Waals surface area (Å²) in [4.78, 5) is 28.0. The maximum absolute atomic E-state index is 13.3. The van der Waals surface area contributed by atoms with Crippen LogP contribution in [0, 0.1) is 0 Å². The summed E-state index contributed by atoms with van der Waals surface area (Å²) in [6, 6.07) is 13.3. The monoisotopic (exact) mass is 374 g/mol. The zero-order valence-electron chi connectivity index (χ0n) is 15.6. The van der Waals surface area contributed by atoms with Gasteiger partial charge in [-0.1, -0.05) is 18.2 Å². The van der Waals surface area contributed by atoms with E-state index < -0.39 is 0 Å². The Hall–Kier alpha value is -3.12. The van der Waals surface area contributed by atoms with Crippen LogP contribution in [0.2, 0.25) is 0 Å². The molecular weight excluding hydrogens is 352 g/mol. The van der Waals surface area contributed by atoms with E-state index in [-0.39, 0.29) is 12.0 Å². The topological polar surface area (TPSA) is 68.2 Å². The lowest BCUT2D eigenvalue weighted by molar-refractivity contribution is 0.0504. The predicted molar refractivity (Wildman–Crippen MR) is 105 cm³/mol. The molecule has 1 fully saturated rings. The van der Waals surface area contributed by atoms with Crippen LogP contribution >= 0.6 is 0 Å². The van der Waals surface area contributed by atoms with Gasteiger partial charge >= 0.3 is 0 Å². The Morgan fingerprint density at radius 3 is 2.82 bits per heavy atom. The van der Waals surface area contributed by atoms with Crippen LogP contribution in [-0.4, -0.2) is 45.0 Å². The van der Waals surface area contributed by atoms with Crippen molar-refractivity contribution in [1.82, 2.24) is 19.9 Å². The summed E-state index contributed by atoms with van der Waals surface area (Å²) in [7, 11) is 0. The lowest BCUT2D eigenvalue weighted by atomic mass is 10.1. The van der Waals surface area contributed by atoms with Gasteiger partial charge in [0.2, 0.25) is 0 Å². The fourth-order valence-electron chi connectivity index (χ4n) is 3.38. The van der Waals surface area contributed by atoms with E-state index in [0.717, 1.165) is 36.4 Å². The molecule has 1 unspecified atom stereocenters. The van der Waals surface area contributed by atoms with E-state index >= 15 is 0 Å². The van der Waals surface area contributed by atoms with E-state index in [1.165, 1.54) is 0 Å². The standard InChI is InChI=1S/C22H22N4O2/c27-22(18-6-3-5-17(13-18)21-14-23-10-11-25-21)26(16-20-8-4-12-28-20)15-19-7-1-2-9-24-19/h1-3,5-7,9-11,13-14,20H,4,8,12,15-16H2. The molecule has 6 nitrogen and oxygen atoms in total. The highest BCUT2D eigenvalue weighted by molar-refractivity contribution is 5.95. The molecule has 142 valence electrons. The van der Waals surface area contributed by atoms with Crippen LogP contribution in [0.25, 0.3) is 11.3 Å². The average molecular weight is 374 g/mol. The minimum Gasteiger partial charge on any atom is -0.376 e. The van der Waals surface area contributed by atoms with Gasteiger partial charge in [0.15, 0.2) is 0 Å². The Morgan fingerprint density at radius 2 is 2.07 bits per heavy atom. The van der Waals surface area contributed by atoms with Crippen LogP contribution in [0.5, 0.6) is 0 Å². The van der Waals surface area contributed by atoms with Crippen LogP contribution < -0.4 is 0 Å². The molecule has 1 aliphatic heterocycles. The molecule has 3 aromatic rings. The second-order valence-electron chi connectivity index (χ2n) is 6.81. The summed E-state index contributed by atoms with van der Waals surface area (Å²) in [5.41, 5.74) is 3.09. The third-order valence-corrected chi connectivity index (χ3v) is 4.78. The third-order valence-electron chi connectivity index (χ3n) is 4.78. The Bertz CT molecular complexity index is 912. The number of carbonyl (C=O) groups is 1. The summed E-state index contributed by atoms with van der Waals surface area (Å²) in [6.45, 7) is 1.78. The Labute approximate surface area is 164 Å². The first-order valence-electron chi connectivity index (χ1n) is 9.47. The van der Waals surface area contributed by atoms with Crippen molar-refractivity contribution in [3.63, 3.8) is 0 Å². The van der Waals surface area contributed by atoms with Crippen LogP contribution in [-0.2, 0) is 11.3 Å². The molecule has 0 N–H and O–H groups in total. The Morgan fingerprint density at radius 1 is 1.11 bits per heavy atom. The number of nitrogens with zero attached hydrogens (tertiary/aromatic N) is 4. The van der Waals surface area contributed by atoms with Gasteiger partial charge < -0.3 is 9.64 Å². The van der Waals surface area contributed by atoms with E-state index in [9.17, 15) is 4.79 Å². The lowest BCUT2D eigenvalue weighted by Crippen LogP contribution is -2.37. The van der Waals surface area contributed by atoms with Crippen molar-refractivity contribution in [2.45, 2.75) is 25.5 Å². The first kappa shape index (κ1) is 18.3. The molecule has 0 bridgehead atoms. The average Bonchev–Trinajstić information content (AvgIpc) is 3.27. The molecule has 28 heavy (non-hydrogen) atoms. The van der Waals surface area contributed by atoms with Crippen LogP contribution in [0.3, 0.4) is 0 Å². The van der Waals surface area contributed by atoms with Crippen LogP contribution in [0.4, 0.5) is 0 Å². The van der Waals surface area contributed by atoms with Crippen LogP contribution in [0.1, 0.15) is 28.9 Å². The zero-order chi connectivity index (χ0) is 19.2. The minimum absolute atomic E-state index is 0.0353. The molecule has 1 atom stereocenters. The predicted octanol–water partition coefficient (Wildman–Crippen LogP) is 3.36. The summed E-state index contributed by atoms with van der Waals surface area (Å²) in [5, 5.41) is 0. The van der Waals surface area contributed by atoms with Crippen molar-refractivity contribution in [3.8, 4) is 11.3 Å². The van der Waals surface area contributed by atoms with Gasteiger partial charge in [0.1, 0.15) is 0 Å². The van der Waals surface area contributed by atoms with Crippen molar-refractivity contribution in [2.75, 3.05) is 13.2 Å². The first-order chi connectivity index (χ1) is 13.8. The van der Waals surface area contributed by atoms with E-state index in [2.05, 4.69) is 15.0 Å². The number of amides is 1. The molecule has 0 saturated carbocycles. The number of aromatic nitrogens is 3. The maximum Gasteiger partial charge on any atom is 0.254 e. The van der Waals surface area contributed by atoms with Crippen LogP contribution in [0.15, 0.2) is 67.3 Å². The van der Waals surface area contributed by atoms with Gasteiger partial charge in [-0.25, -0.2) is 0 Å². The number of ether oxygens (including phenoxy) is 1. The third kappa shape index (κ3) is 4.40. The highest BCUT2D eigenvalue weighted by atomic mass is 16.5. The normalized spacial score (nSPS) is 16.1. The molecule has 1 saturated heterocycles. The Balaban J connectivity index is 1.59. The quantitative estimate of drug-likeness (QED) is 0.662. The molecule has 0 aliphatic carbocycles. The second-order valence-corrected chi connectivity index (χ2v) is 6.81. The molecule has 3 heterocycles.